The monoisotopic (exact) mass is 254 g/mol. The van der Waals surface area contributed by atoms with Gasteiger partial charge in [-0.1, -0.05) is 38.9 Å². The molecule has 2 nitrogen and oxygen atoms in total. The Balaban J connectivity index is 2.80. The Labute approximate surface area is 107 Å². The van der Waals surface area contributed by atoms with Crippen LogP contribution in [-0.4, -0.2) is 11.5 Å². The summed E-state index contributed by atoms with van der Waals surface area (Å²) in [6.45, 7) is 5.18. The molecular formula is C13H19FN2S. The summed E-state index contributed by atoms with van der Waals surface area (Å²) < 4.78 is 13.1. The van der Waals surface area contributed by atoms with Crippen molar-refractivity contribution >= 4 is 22.9 Å². The smallest absolute Gasteiger partial charge is 0.124 e. The van der Waals surface area contributed by atoms with Gasteiger partial charge in [-0.25, -0.2) is 4.39 Å². The van der Waals surface area contributed by atoms with E-state index < -0.39 is 0 Å². The van der Waals surface area contributed by atoms with E-state index >= 15 is 0 Å². The highest BCUT2D eigenvalue weighted by atomic mass is 32.1. The molecule has 0 unspecified atom stereocenters. The zero-order valence-corrected chi connectivity index (χ0v) is 11.1. The van der Waals surface area contributed by atoms with E-state index in [0.717, 1.165) is 25.1 Å². The van der Waals surface area contributed by atoms with Crippen molar-refractivity contribution in [3.05, 3.63) is 29.6 Å². The van der Waals surface area contributed by atoms with E-state index in [1.807, 2.05) is 0 Å². The zero-order chi connectivity index (χ0) is 12.8. The summed E-state index contributed by atoms with van der Waals surface area (Å²) in [6.07, 6.45) is 2.24. The average Bonchev–Trinajstić information content (AvgIpc) is 2.31. The normalized spacial score (nSPS) is 10.6. The van der Waals surface area contributed by atoms with Gasteiger partial charge in [-0.2, -0.15) is 0 Å². The summed E-state index contributed by atoms with van der Waals surface area (Å²) in [6, 6.07) is 4.47. The largest absolute Gasteiger partial charge is 0.389 e. The quantitative estimate of drug-likeness (QED) is 0.765. The third-order valence-electron chi connectivity index (χ3n) is 2.98. The van der Waals surface area contributed by atoms with Crippen molar-refractivity contribution in [3.63, 3.8) is 0 Å². The molecule has 0 radical (unpaired) electrons. The van der Waals surface area contributed by atoms with Gasteiger partial charge in [0, 0.05) is 17.8 Å². The summed E-state index contributed by atoms with van der Waals surface area (Å²) in [5.41, 5.74) is 6.97. The molecule has 0 saturated heterocycles. The third kappa shape index (κ3) is 3.97. The van der Waals surface area contributed by atoms with Crippen LogP contribution in [0.5, 0.6) is 0 Å². The molecule has 1 aromatic carbocycles. The summed E-state index contributed by atoms with van der Waals surface area (Å²) in [4.78, 5) is 0.219. The van der Waals surface area contributed by atoms with Crippen molar-refractivity contribution in [2.45, 2.75) is 26.7 Å². The molecule has 0 aromatic heterocycles. The van der Waals surface area contributed by atoms with Crippen LogP contribution < -0.4 is 11.1 Å². The fourth-order valence-corrected chi connectivity index (χ4v) is 1.88. The maximum absolute atomic E-state index is 13.1. The molecule has 0 saturated carbocycles. The summed E-state index contributed by atoms with van der Waals surface area (Å²) >= 11 is 4.92. The van der Waals surface area contributed by atoms with Crippen LogP contribution in [0.1, 0.15) is 32.3 Å². The average molecular weight is 254 g/mol. The number of nitrogens with two attached hydrogens (primary N) is 1. The number of thiocarbonyl (C=S) groups is 1. The molecule has 0 amide bonds. The number of hydrogen-bond donors (Lipinski definition) is 2. The van der Waals surface area contributed by atoms with Gasteiger partial charge in [0.2, 0.25) is 0 Å². The standard InChI is InChI=1S/C13H19FN2S/c1-3-9(4-2)8-16-12-6-5-10(14)7-11(12)13(15)17/h5-7,9,16H,3-4,8H2,1-2H3,(H2,15,17). The molecule has 1 rings (SSSR count). The van der Waals surface area contributed by atoms with E-state index in [0.29, 0.717) is 11.5 Å². The molecule has 94 valence electrons. The second kappa shape index (κ2) is 6.55. The molecule has 1 aromatic rings. The number of anilines is 1. The van der Waals surface area contributed by atoms with E-state index in [-0.39, 0.29) is 10.8 Å². The maximum atomic E-state index is 13.1. The number of benzene rings is 1. The Kier molecular flexibility index (Phi) is 5.35. The molecule has 0 aliphatic heterocycles. The molecule has 0 heterocycles. The van der Waals surface area contributed by atoms with E-state index in [1.165, 1.54) is 12.1 Å². The van der Waals surface area contributed by atoms with E-state index in [2.05, 4.69) is 19.2 Å². The lowest BCUT2D eigenvalue weighted by molar-refractivity contribution is 0.519. The molecule has 0 fully saturated rings. The lowest BCUT2D eigenvalue weighted by Gasteiger charge is -2.16. The summed E-state index contributed by atoms with van der Waals surface area (Å²) in [5.74, 6) is 0.292. The van der Waals surface area contributed by atoms with Crippen molar-refractivity contribution in [2.75, 3.05) is 11.9 Å². The van der Waals surface area contributed by atoms with Gasteiger partial charge in [0.05, 0.1) is 0 Å². The van der Waals surface area contributed by atoms with Crippen molar-refractivity contribution < 1.29 is 4.39 Å². The number of nitrogens with one attached hydrogen (secondary N) is 1. The predicted octanol–water partition coefficient (Wildman–Crippen LogP) is 3.31. The lowest BCUT2D eigenvalue weighted by atomic mass is 10.0. The molecule has 0 atom stereocenters. The minimum absolute atomic E-state index is 0.219. The van der Waals surface area contributed by atoms with Gasteiger partial charge < -0.3 is 11.1 Å². The number of hydrogen-bond acceptors (Lipinski definition) is 2. The highest BCUT2D eigenvalue weighted by Gasteiger charge is 2.08. The Morgan fingerprint density at radius 1 is 1.41 bits per heavy atom. The molecule has 0 aliphatic carbocycles. The highest BCUT2D eigenvalue weighted by molar-refractivity contribution is 7.80. The predicted molar refractivity (Wildman–Crippen MR) is 74.8 cm³/mol. The molecule has 4 heteroatoms. The first-order chi connectivity index (χ1) is 8.08. The minimum Gasteiger partial charge on any atom is -0.389 e. The van der Waals surface area contributed by atoms with Gasteiger partial charge in [-0.15, -0.1) is 0 Å². The molecule has 0 spiro atoms. The maximum Gasteiger partial charge on any atom is 0.124 e. The van der Waals surface area contributed by atoms with Crippen LogP contribution in [0, 0.1) is 11.7 Å². The van der Waals surface area contributed by atoms with E-state index in [4.69, 9.17) is 18.0 Å². The van der Waals surface area contributed by atoms with Gasteiger partial charge in [0.15, 0.2) is 0 Å². The van der Waals surface area contributed by atoms with Gasteiger partial charge in [-0.3, -0.25) is 0 Å². The Hall–Kier alpha value is -1.16. The molecule has 0 bridgehead atoms. The molecule has 0 aliphatic rings. The van der Waals surface area contributed by atoms with Crippen LogP contribution in [0.2, 0.25) is 0 Å². The van der Waals surface area contributed by atoms with Gasteiger partial charge in [0.1, 0.15) is 10.8 Å². The first-order valence-electron chi connectivity index (χ1n) is 5.91. The van der Waals surface area contributed by atoms with Gasteiger partial charge >= 0.3 is 0 Å². The summed E-state index contributed by atoms with van der Waals surface area (Å²) in [5, 5.41) is 3.29. The van der Waals surface area contributed by atoms with E-state index in [1.54, 1.807) is 6.07 Å². The fraction of sp³-hybridized carbons (Fsp3) is 0.462. The van der Waals surface area contributed by atoms with Crippen LogP contribution in [0.4, 0.5) is 10.1 Å². The van der Waals surface area contributed by atoms with Crippen molar-refractivity contribution in [1.29, 1.82) is 0 Å². The third-order valence-corrected chi connectivity index (χ3v) is 3.20. The Morgan fingerprint density at radius 3 is 2.59 bits per heavy atom. The fourth-order valence-electron chi connectivity index (χ4n) is 1.71. The Bertz CT molecular complexity index is 389. The molecule has 17 heavy (non-hydrogen) atoms. The highest BCUT2D eigenvalue weighted by Crippen LogP contribution is 2.18. The van der Waals surface area contributed by atoms with Crippen molar-refractivity contribution in [2.24, 2.45) is 11.7 Å². The molecule has 3 N–H and O–H groups in total. The van der Waals surface area contributed by atoms with Crippen LogP contribution >= 0.6 is 12.2 Å². The first-order valence-corrected chi connectivity index (χ1v) is 6.32. The van der Waals surface area contributed by atoms with Crippen molar-refractivity contribution in [3.8, 4) is 0 Å². The number of rotatable bonds is 6. The molecular weight excluding hydrogens is 235 g/mol. The second-order valence-electron chi connectivity index (χ2n) is 4.12. The van der Waals surface area contributed by atoms with Crippen LogP contribution in [0.3, 0.4) is 0 Å². The lowest BCUT2D eigenvalue weighted by Crippen LogP contribution is -2.17. The van der Waals surface area contributed by atoms with E-state index in [9.17, 15) is 4.39 Å². The number of halogens is 1. The van der Waals surface area contributed by atoms with Crippen LogP contribution in [-0.2, 0) is 0 Å². The topological polar surface area (TPSA) is 38.0 Å². The second-order valence-corrected chi connectivity index (χ2v) is 4.56. The van der Waals surface area contributed by atoms with Crippen LogP contribution in [0.15, 0.2) is 18.2 Å². The SMILES string of the molecule is CCC(CC)CNc1ccc(F)cc1C(N)=S. The van der Waals surface area contributed by atoms with Crippen molar-refractivity contribution in [1.82, 2.24) is 0 Å². The van der Waals surface area contributed by atoms with Gasteiger partial charge in [-0.05, 0) is 24.1 Å². The summed E-state index contributed by atoms with van der Waals surface area (Å²) in [7, 11) is 0. The van der Waals surface area contributed by atoms with Gasteiger partial charge in [0.25, 0.3) is 0 Å². The zero-order valence-electron chi connectivity index (χ0n) is 10.3. The minimum atomic E-state index is -0.319. The Morgan fingerprint density at radius 2 is 2.06 bits per heavy atom. The van der Waals surface area contributed by atoms with Crippen LogP contribution in [0.25, 0.3) is 0 Å². The first kappa shape index (κ1) is 13.9.